The summed E-state index contributed by atoms with van der Waals surface area (Å²) < 4.78 is 2.10. The predicted octanol–water partition coefficient (Wildman–Crippen LogP) is 4.61. The van der Waals surface area contributed by atoms with Gasteiger partial charge in [0.1, 0.15) is 10.8 Å². The molecule has 0 saturated heterocycles. The van der Waals surface area contributed by atoms with E-state index >= 15 is 0 Å². The molecule has 2 heterocycles. The standard InChI is InChI=1S/C24H29N5O2S2/c1-4-14(2)21-27-28-24(29(21)13-16-9-6-5-7-10-16)32-15(3)22(31)26-23-19(20(25)30)17-11-8-12-18(17)33-23/h5-7,9-10,14-15H,4,8,11-13H2,1-3H3,(H2,25,30)(H,26,31). The molecule has 0 aliphatic heterocycles. The first-order chi connectivity index (χ1) is 15.9. The van der Waals surface area contributed by atoms with Crippen LogP contribution in [-0.4, -0.2) is 31.8 Å². The second kappa shape index (κ2) is 10.1. The molecule has 0 saturated carbocycles. The number of nitrogens with one attached hydrogen (secondary N) is 1. The summed E-state index contributed by atoms with van der Waals surface area (Å²) in [6, 6.07) is 10.2. The van der Waals surface area contributed by atoms with E-state index in [1.807, 2.05) is 25.1 Å². The van der Waals surface area contributed by atoms with Gasteiger partial charge in [-0.25, -0.2) is 0 Å². The van der Waals surface area contributed by atoms with Crippen LogP contribution in [0.1, 0.15) is 71.7 Å². The van der Waals surface area contributed by atoms with Crippen LogP contribution in [0, 0.1) is 0 Å². The fraction of sp³-hybridized carbons (Fsp3) is 0.417. The fourth-order valence-electron chi connectivity index (χ4n) is 4.03. The third kappa shape index (κ3) is 4.99. The zero-order chi connectivity index (χ0) is 23.5. The van der Waals surface area contributed by atoms with E-state index in [4.69, 9.17) is 5.73 Å². The highest BCUT2D eigenvalue weighted by Crippen LogP contribution is 2.39. The van der Waals surface area contributed by atoms with Gasteiger partial charge in [-0.3, -0.25) is 9.59 Å². The van der Waals surface area contributed by atoms with Crippen molar-refractivity contribution in [2.75, 3.05) is 5.32 Å². The van der Waals surface area contributed by atoms with E-state index in [1.54, 1.807) is 0 Å². The van der Waals surface area contributed by atoms with Gasteiger partial charge in [0.05, 0.1) is 17.4 Å². The molecule has 0 spiro atoms. The molecule has 1 aromatic carbocycles. The summed E-state index contributed by atoms with van der Waals surface area (Å²) in [5, 5.41) is 12.7. The quantitative estimate of drug-likeness (QED) is 0.433. The number of fused-ring (bicyclic) bond motifs is 1. The molecule has 1 aliphatic carbocycles. The second-order valence-electron chi connectivity index (χ2n) is 8.40. The summed E-state index contributed by atoms with van der Waals surface area (Å²) in [6.07, 6.45) is 3.75. The van der Waals surface area contributed by atoms with Crippen molar-refractivity contribution in [2.24, 2.45) is 5.73 Å². The molecule has 2 aromatic heterocycles. The largest absolute Gasteiger partial charge is 0.365 e. The molecular weight excluding hydrogens is 454 g/mol. The van der Waals surface area contributed by atoms with E-state index < -0.39 is 11.2 Å². The molecule has 2 unspecified atom stereocenters. The van der Waals surface area contributed by atoms with Crippen molar-refractivity contribution in [3.05, 3.63) is 57.7 Å². The van der Waals surface area contributed by atoms with Crippen LogP contribution in [0.15, 0.2) is 35.5 Å². The number of hydrogen-bond donors (Lipinski definition) is 2. The number of carbonyl (C=O) groups excluding carboxylic acids is 2. The van der Waals surface area contributed by atoms with Crippen molar-refractivity contribution in [1.82, 2.24) is 14.8 Å². The van der Waals surface area contributed by atoms with Gasteiger partial charge in [-0.05, 0) is 43.7 Å². The predicted molar refractivity (Wildman–Crippen MR) is 133 cm³/mol. The van der Waals surface area contributed by atoms with E-state index in [9.17, 15) is 9.59 Å². The number of nitrogens with zero attached hydrogens (tertiary/aromatic N) is 3. The fourth-order valence-corrected chi connectivity index (χ4v) is 6.18. The van der Waals surface area contributed by atoms with Gasteiger partial charge in [-0.2, -0.15) is 0 Å². The lowest BCUT2D eigenvalue weighted by Crippen LogP contribution is -2.24. The van der Waals surface area contributed by atoms with Gasteiger partial charge >= 0.3 is 0 Å². The normalized spacial score (nSPS) is 14.6. The minimum atomic E-state index is -0.481. The highest BCUT2D eigenvalue weighted by atomic mass is 32.2. The zero-order valence-corrected chi connectivity index (χ0v) is 20.8. The number of carbonyl (C=O) groups is 2. The third-order valence-corrected chi connectivity index (χ3v) is 8.33. The van der Waals surface area contributed by atoms with Gasteiger partial charge in [0.15, 0.2) is 5.16 Å². The number of anilines is 1. The molecular formula is C24H29N5O2S2. The van der Waals surface area contributed by atoms with Gasteiger partial charge in [0.25, 0.3) is 5.91 Å². The number of aromatic nitrogens is 3. The molecule has 0 bridgehead atoms. The molecule has 174 valence electrons. The maximum absolute atomic E-state index is 13.1. The average molecular weight is 484 g/mol. The van der Waals surface area contributed by atoms with Crippen molar-refractivity contribution >= 4 is 39.9 Å². The lowest BCUT2D eigenvalue weighted by Gasteiger charge is -2.16. The van der Waals surface area contributed by atoms with Gasteiger partial charge in [-0.15, -0.1) is 21.5 Å². The highest BCUT2D eigenvalue weighted by molar-refractivity contribution is 8.00. The van der Waals surface area contributed by atoms with E-state index in [0.29, 0.717) is 22.3 Å². The van der Waals surface area contributed by atoms with Crippen LogP contribution >= 0.6 is 23.1 Å². The van der Waals surface area contributed by atoms with Crippen molar-refractivity contribution < 1.29 is 9.59 Å². The number of thioether (sulfide) groups is 1. The lowest BCUT2D eigenvalue weighted by molar-refractivity contribution is -0.115. The Labute approximate surface area is 202 Å². The van der Waals surface area contributed by atoms with Crippen LogP contribution in [0.4, 0.5) is 5.00 Å². The number of amides is 2. The Kier molecular flexibility index (Phi) is 7.19. The Morgan fingerprint density at radius 1 is 1.21 bits per heavy atom. The number of thiophene rings is 1. The Hall–Kier alpha value is -2.65. The van der Waals surface area contributed by atoms with Crippen LogP contribution in [0.5, 0.6) is 0 Å². The molecule has 1 aliphatic rings. The summed E-state index contributed by atoms with van der Waals surface area (Å²) >= 11 is 2.85. The minimum Gasteiger partial charge on any atom is -0.365 e. The molecule has 3 N–H and O–H groups in total. The summed E-state index contributed by atoms with van der Waals surface area (Å²) in [4.78, 5) is 26.3. The molecule has 2 amide bonds. The Balaban J connectivity index is 1.54. The van der Waals surface area contributed by atoms with Gasteiger partial charge in [0.2, 0.25) is 5.91 Å². The Bertz CT molecular complexity index is 1160. The van der Waals surface area contributed by atoms with Crippen molar-refractivity contribution in [1.29, 1.82) is 0 Å². The van der Waals surface area contributed by atoms with Crippen LogP contribution in [-0.2, 0) is 24.2 Å². The number of hydrogen-bond acceptors (Lipinski definition) is 6. The molecule has 0 radical (unpaired) electrons. The number of benzene rings is 1. The average Bonchev–Trinajstić information content (AvgIpc) is 3.49. The Morgan fingerprint density at radius 3 is 2.67 bits per heavy atom. The van der Waals surface area contributed by atoms with Crippen LogP contribution in [0.3, 0.4) is 0 Å². The number of primary amides is 1. The molecule has 9 heteroatoms. The maximum atomic E-state index is 13.1. The van der Waals surface area contributed by atoms with Crippen molar-refractivity contribution in [3.8, 4) is 0 Å². The van der Waals surface area contributed by atoms with Gasteiger partial charge in [0, 0.05) is 10.8 Å². The monoisotopic (exact) mass is 483 g/mol. The van der Waals surface area contributed by atoms with E-state index in [2.05, 4.69) is 46.1 Å². The SMILES string of the molecule is CCC(C)c1nnc(SC(C)C(=O)Nc2sc3c(c2C(N)=O)CCC3)n1Cc1ccccc1. The first-order valence-electron chi connectivity index (χ1n) is 11.3. The minimum absolute atomic E-state index is 0.179. The number of rotatable bonds is 9. The molecule has 0 fully saturated rings. The molecule has 33 heavy (non-hydrogen) atoms. The first kappa shape index (κ1) is 23.5. The first-order valence-corrected chi connectivity index (χ1v) is 13.0. The smallest absolute Gasteiger partial charge is 0.251 e. The van der Waals surface area contributed by atoms with Gasteiger partial charge < -0.3 is 15.6 Å². The van der Waals surface area contributed by atoms with Crippen LogP contribution in [0.25, 0.3) is 0 Å². The molecule has 3 aromatic rings. The van der Waals surface area contributed by atoms with Gasteiger partial charge in [-0.1, -0.05) is 55.9 Å². The summed E-state index contributed by atoms with van der Waals surface area (Å²) in [5.74, 6) is 0.515. The summed E-state index contributed by atoms with van der Waals surface area (Å²) in [5.41, 5.74) is 8.27. The highest BCUT2D eigenvalue weighted by Gasteiger charge is 2.28. The topological polar surface area (TPSA) is 103 Å². The Morgan fingerprint density at radius 2 is 1.97 bits per heavy atom. The van der Waals surface area contributed by atoms with E-state index in [0.717, 1.165) is 47.5 Å². The van der Waals surface area contributed by atoms with Crippen LogP contribution in [0.2, 0.25) is 0 Å². The van der Waals surface area contributed by atoms with Crippen molar-refractivity contribution in [3.63, 3.8) is 0 Å². The zero-order valence-electron chi connectivity index (χ0n) is 19.1. The molecule has 4 rings (SSSR count). The maximum Gasteiger partial charge on any atom is 0.251 e. The van der Waals surface area contributed by atoms with Crippen molar-refractivity contribution in [2.45, 2.75) is 69.3 Å². The molecule has 7 nitrogen and oxygen atoms in total. The summed E-state index contributed by atoms with van der Waals surface area (Å²) in [7, 11) is 0. The summed E-state index contributed by atoms with van der Waals surface area (Å²) in [6.45, 7) is 6.75. The second-order valence-corrected chi connectivity index (χ2v) is 10.8. The third-order valence-electron chi connectivity index (χ3n) is 6.04. The number of aryl methyl sites for hydroxylation is 1. The lowest BCUT2D eigenvalue weighted by atomic mass is 10.1. The molecule has 2 atom stereocenters. The van der Waals surface area contributed by atoms with E-state index in [1.165, 1.54) is 23.1 Å². The van der Waals surface area contributed by atoms with Crippen LogP contribution < -0.4 is 11.1 Å². The number of nitrogens with two attached hydrogens (primary N) is 1. The van der Waals surface area contributed by atoms with E-state index in [-0.39, 0.29) is 11.8 Å².